The van der Waals surface area contributed by atoms with Crippen LogP contribution >= 0.6 is 11.8 Å². The zero-order chi connectivity index (χ0) is 17.9. The average Bonchev–Trinajstić information content (AvgIpc) is 3.03. The minimum Gasteiger partial charge on any atom is -0.367 e. The lowest BCUT2D eigenvalue weighted by Gasteiger charge is -2.15. The predicted molar refractivity (Wildman–Crippen MR) is 104 cm³/mol. The van der Waals surface area contributed by atoms with E-state index in [9.17, 15) is 5.11 Å². The predicted octanol–water partition coefficient (Wildman–Crippen LogP) is 5.39. The Labute approximate surface area is 155 Å². The summed E-state index contributed by atoms with van der Waals surface area (Å²) >= 11 is 1.53. The Hall–Kier alpha value is -2.76. The Balaban J connectivity index is 1.63. The van der Waals surface area contributed by atoms with Crippen molar-refractivity contribution in [2.75, 3.05) is 5.32 Å². The molecule has 26 heavy (non-hydrogen) atoms. The molecule has 1 atom stereocenters. The third-order valence-corrected chi connectivity index (χ3v) is 5.34. The van der Waals surface area contributed by atoms with Crippen LogP contribution in [-0.2, 0) is 0 Å². The topological polar surface area (TPSA) is 58.3 Å². The molecule has 0 amide bonds. The SMILES string of the molecule is Cc1noc(C(O)Nc2cccc3ccccc23)c1Sc1ccccc1. The van der Waals surface area contributed by atoms with Crippen molar-refractivity contribution in [2.45, 2.75) is 22.9 Å². The molecule has 4 nitrogen and oxygen atoms in total. The van der Waals surface area contributed by atoms with Gasteiger partial charge in [-0.05, 0) is 30.5 Å². The number of benzene rings is 3. The lowest BCUT2D eigenvalue weighted by Crippen LogP contribution is -2.10. The summed E-state index contributed by atoms with van der Waals surface area (Å²) in [6, 6.07) is 24.0. The van der Waals surface area contributed by atoms with E-state index in [1.54, 1.807) is 0 Å². The van der Waals surface area contributed by atoms with Gasteiger partial charge in [-0.2, -0.15) is 0 Å². The summed E-state index contributed by atoms with van der Waals surface area (Å²) in [6.45, 7) is 1.88. The van der Waals surface area contributed by atoms with E-state index in [4.69, 9.17) is 4.52 Å². The molecule has 0 radical (unpaired) electrons. The van der Waals surface area contributed by atoms with E-state index >= 15 is 0 Å². The number of aromatic nitrogens is 1. The molecule has 0 aliphatic rings. The Morgan fingerprint density at radius 2 is 1.69 bits per heavy atom. The van der Waals surface area contributed by atoms with Crippen molar-refractivity contribution < 1.29 is 9.63 Å². The maximum atomic E-state index is 10.7. The number of nitrogens with zero attached hydrogens (tertiary/aromatic N) is 1. The molecule has 0 aliphatic heterocycles. The maximum Gasteiger partial charge on any atom is 0.199 e. The van der Waals surface area contributed by atoms with E-state index < -0.39 is 6.23 Å². The molecule has 4 rings (SSSR count). The summed E-state index contributed by atoms with van der Waals surface area (Å²) in [5.74, 6) is 0.421. The van der Waals surface area contributed by atoms with Crippen molar-refractivity contribution in [2.24, 2.45) is 0 Å². The van der Waals surface area contributed by atoms with Gasteiger partial charge in [-0.1, -0.05) is 71.5 Å². The third-order valence-electron chi connectivity index (χ3n) is 4.13. The van der Waals surface area contributed by atoms with E-state index in [-0.39, 0.29) is 0 Å². The fourth-order valence-corrected chi connectivity index (χ4v) is 3.81. The van der Waals surface area contributed by atoms with Gasteiger partial charge in [0.15, 0.2) is 12.0 Å². The number of aryl methyl sites for hydroxylation is 1. The summed E-state index contributed by atoms with van der Waals surface area (Å²) in [4.78, 5) is 1.90. The van der Waals surface area contributed by atoms with Crippen LogP contribution in [0.25, 0.3) is 10.8 Å². The molecule has 0 saturated heterocycles. The van der Waals surface area contributed by atoms with Gasteiger partial charge < -0.3 is 14.9 Å². The number of anilines is 1. The molecule has 0 fully saturated rings. The Morgan fingerprint density at radius 3 is 2.54 bits per heavy atom. The van der Waals surface area contributed by atoms with Crippen molar-refractivity contribution >= 4 is 28.2 Å². The van der Waals surface area contributed by atoms with Gasteiger partial charge in [-0.15, -0.1) is 0 Å². The van der Waals surface area contributed by atoms with Crippen LogP contribution in [0.4, 0.5) is 5.69 Å². The molecule has 0 saturated carbocycles. The number of nitrogens with one attached hydrogen (secondary N) is 1. The fourth-order valence-electron chi connectivity index (χ4n) is 2.85. The average molecular weight is 362 g/mol. The number of hydrogen-bond acceptors (Lipinski definition) is 5. The van der Waals surface area contributed by atoms with E-state index in [2.05, 4.69) is 10.5 Å². The normalized spacial score (nSPS) is 12.2. The van der Waals surface area contributed by atoms with Crippen LogP contribution in [0.5, 0.6) is 0 Å². The summed E-state index contributed by atoms with van der Waals surface area (Å²) < 4.78 is 5.43. The lowest BCUT2D eigenvalue weighted by atomic mass is 10.1. The molecule has 0 bridgehead atoms. The van der Waals surface area contributed by atoms with Gasteiger partial charge in [-0.3, -0.25) is 0 Å². The Bertz CT molecular complexity index is 1030. The third kappa shape index (κ3) is 3.31. The molecule has 1 heterocycles. The number of aliphatic hydroxyl groups excluding tert-OH is 1. The van der Waals surface area contributed by atoms with E-state index in [0.717, 1.165) is 31.9 Å². The molecular formula is C21H18N2O2S. The van der Waals surface area contributed by atoms with Crippen molar-refractivity contribution in [1.82, 2.24) is 5.16 Å². The number of fused-ring (bicyclic) bond motifs is 1. The number of hydrogen-bond donors (Lipinski definition) is 2. The zero-order valence-electron chi connectivity index (χ0n) is 14.2. The van der Waals surface area contributed by atoms with Crippen LogP contribution in [0.15, 0.2) is 87.1 Å². The molecule has 1 unspecified atom stereocenters. The first kappa shape index (κ1) is 16.7. The van der Waals surface area contributed by atoms with Crippen molar-refractivity contribution in [3.05, 3.63) is 84.3 Å². The van der Waals surface area contributed by atoms with Gasteiger partial charge >= 0.3 is 0 Å². The van der Waals surface area contributed by atoms with Crippen LogP contribution in [-0.4, -0.2) is 10.3 Å². The molecule has 0 spiro atoms. The molecule has 130 valence electrons. The molecule has 4 aromatic rings. The van der Waals surface area contributed by atoms with Gasteiger partial charge in [0.1, 0.15) is 0 Å². The molecular weight excluding hydrogens is 344 g/mol. The molecule has 5 heteroatoms. The standard InChI is InChI=1S/C21H18N2O2S/c1-14-20(26-16-10-3-2-4-11-16)19(25-23-14)21(24)22-18-13-7-9-15-8-5-6-12-17(15)18/h2-13,21-22,24H,1H3. The Kier molecular flexibility index (Phi) is 4.65. The van der Waals surface area contributed by atoms with Crippen LogP contribution in [0, 0.1) is 6.92 Å². The first-order chi connectivity index (χ1) is 12.7. The monoisotopic (exact) mass is 362 g/mol. The van der Waals surface area contributed by atoms with Crippen molar-refractivity contribution in [3.8, 4) is 0 Å². The highest BCUT2D eigenvalue weighted by Crippen LogP contribution is 2.36. The van der Waals surface area contributed by atoms with E-state index in [1.165, 1.54) is 11.8 Å². The summed E-state index contributed by atoms with van der Waals surface area (Å²) in [5.41, 5.74) is 1.60. The Morgan fingerprint density at radius 1 is 0.962 bits per heavy atom. The van der Waals surface area contributed by atoms with E-state index in [1.807, 2.05) is 79.7 Å². The maximum absolute atomic E-state index is 10.7. The van der Waals surface area contributed by atoms with Crippen LogP contribution in [0.2, 0.25) is 0 Å². The largest absolute Gasteiger partial charge is 0.367 e. The molecule has 3 aromatic carbocycles. The lowest BCUT2D eigenvalue weighted by molar-refractivity contribution is 0.162. The van der Waals surface area contributed by atoms with Crippen LogP contribution in [0.1, 0.15) is 17.7 Å². The molecule has 1 aromatic heterocycles. The van der Waals surface area contributed by atoms with Crippen LogP contribution in [0.3, 0.4) is 0 Å². The van der Waals surface area contributed by atoms with E-state index in [0.29, 0.717) is 5.76 Å². The van der Waals surface area contributed by atoms with Gasteiger partial charge in [-0.25, -0.2) is 0 Å². The van der Waals surface area contributed by atoms with Gasteiger partial charge in [0, 0.05) is 16.0 Å². The first-order valence-electron chi connectivity index (χ1n) is 8.34. The van der Waals surface area contributed by atoms with Crippen molar-refractivity contribution in [3.63, 3.8) is 0 Å². The second kappa shape index (κ2) is 7.23. The summed E-state index contributed by atoms with van der Waals surface area (Å²) in [6.07, 6.45) is -0.992. The summed E-state index contributed by atoms with van der Waals surface area (Å²) in [7, 11) is 0. The quantitative estimate of drug-likeness (QED) is 0.466. The van der Waals surface area contributed by atoms with Crippen LogP contribution < -0.4 is 5.32 Å². The molecule has 0 aliphatic carbocycles. The fraction of sp³-hybridized carbons (Fsp3) is 0.0952. The van der Waals surface area contributed by atoms with Gasteiger partial charge in [0.05, 0.1) is 10.6 Å². The minimum absolute atomic E-state index is 0.421. The summed E-state index contributed by atoms with van der Waals surface area (Å²) in [5, 5.41) is 20.1. The highest BCUT2D eigenvalue weighted by atomic mass is 32.2. The number of aliphatic hydroxyl groups is 1. The minimum atomic E-state index is -0.992. The zero-order valence-corrected chi connectivity index (χ0v) is 15.0. The highest BCUT2D eigenvalue weighted by Gasteiger charge is 2.22. The number of rotatable bonds is 5. The second-order valence-electron chi connectivity index (χ2n) is 5.95. The smallest absolute Gasteiger partial charge is 0.199 e. The van der Waals surface area contributed by atoms with Gasteiger partial charge in [0.25, 0.3) is 0 Å². The molecule has 2 N–H and O–H groups in total. The first-order valence-corrected chi connectivity index (χ1v) is 9.15. The van der Waals surface area contributed by atoms with Crippen molar-refractivity contribution in [1.29, 1.82) is 0 Å². The van der Waals surface area contributed by atoms with Gasteiger partial charge in [0.2, 0.25) is 0 Å². The second-order valence-corrected chi connectivity index (χ2v) is 7.03. The highest BCUT2D eigenvalue weighted by molar-refractivity contribution is 7.99.